The lowest BCUT2D eigenvalue weighted by atomic mass is 9.87. The maximum absolute atomic E-state index is 13.3. The van der Waals surface area contributed by atoms with Crippen LogP contribution in [0.5, 0.6) is 0 Å². The van der Waals surface area contributed by atoms with E-state index >= 15 is 0 Å². The van der Waals surface area contributed by atoms with Gasteiger partial charge in [0.05, 0.1) is 16.3 Å². The fraction of sp³-hybridized carbons (Fsp3) is 0.348. The molecule has 0 saturated carbocycles. The second-order valence-electron chi connectivity index (χ2n) is 7.91. The van der Waals surface area contributed by atoms with Gasteiger partial charge in [-0.15, -0.1) is 11.3 Å². The highest BCUT2D eigenvalue weighted by molar-refractivity contribution is 7.17. The number of carbonyl (C=O) groups is 1. The van der Waals surface area contributed by atoms with Crippen molar-refractivity contribution in [3.05, 3.63) is 69.1 Å². The average Bonchev–Trinajstić information content (AvgIpc) is 3.34. The molecule has 0 fully saturated rings. The van der Waals surface area contributed by atoms with Gasteiger partial charge in [0.1, 0.15) is 17.4 Å². The zero-order valence-electron chi connectivity index (χ0n) is 17.1. The summed E-state index contributed by atoms with van der Waals surface area (Å²) in [5.74, 6) is 0.554. The van der Waals surface area contributed by atoms with Crippen LogP contribution < -0.4 is 10.9 Å². The van der Waals surface area contributed by atoms with Crippen LogP contribution in [0.15, 0.2) is 46.6 Å². The molecule has 0 radical (unpaired) electrons. The van der Waals surface area contributed by atoms with Gasteiger partial charge in [0.2, 0.25) is 5.91 Å². The van der Waals surface area contributed by atoms with E-state index in [1.165, 1.54) is 15.8 Å². The Hall–Kier alpha value is -2.93. The van der Waals surface area contributed by atoms with Crippen molar-refractivity contribution in [1.82, 2.24) is 19.5 Å². The molecule has 30 heavy (non-hydrogen) atoms. The van der Waals surface area contributed by atoms with Crippen molar-refractivity contribution >= 4 is 33.0 Å². The maximum Gasteiger partial charge on any atom is 0.291 e. The first-order chi connectivity index (χ1) is 14.6. The molecule has 0 bridgehead atoms. The summed E-state index contributed by atoms with van der Waals surface area (Å²) in [6, 6.07) is 11.5. The Morgan fingerprint density at radius 1 is 1.30 bits per heavy atom. The van der Waals surface area contributed by atoms with Gasteiger partial charge >= 0.3 is 0 Å². The number of nitrogens with zero attached hydrogens (tertiary/aromatic N) is 3. The summed E-state index contributed by atoms with van der Waals surface area (Å²) in [6.45, 7) is 3.80. The normalized spacial score (nSPS) is 17.2. The Labute approximate surface area is 178 Å². The monoisotopic (exact) mass is 420 g/mol. The molecule has 3 heterocycles. The fourth-order valence-corrected chi connectivity index (χ4v) is 5.45. The lowest BCUT2D eigenvalue weighted by Gasteiger charge is -2.28. The Bertz CT molecular complexity index is 1320. The maximum atomic E-state index is 13.3. The number of hydrogen-bond acceptors (Lipinski definition) is 4. The van der Waals surface area contributed by atoms with Gasteiger partial charge < -0.3 is 5.32 Å². The molecule has 6 nitrogen and oxygen atoms in total. The quantitative estimate of drug-likeness (QED) is 0.539. The van der Waals surface area contributed by atoms with Crippen molar-refractivity contribution in [3.63, 3.8) is 0 Å². The third-order valence-corrected chi connectivity index (χ3v) is 6.95. The molecule has 0 aliphatic heterocycles. The molecule has 1 amide bonds. The summed E-state index contributed by atoms with van der Waals surface area (Å²) in [7, 11) is 0. The molecule has 2 atom stereocenters. The van der Waals surface area contributed by atoms with Crippen molar-refractivity contribution in [2.24, 2.45) is 0 Å². The number of fused-ring (bicyclic) bond motifs is 4. The smallest absolute Gasteiger partial charge is 0.291 e. The van der Waals surface area contributed by atoms with Crippen molar-refractivity contribution in [2.45, 2.75) is 51.6 Å². The van der Waals surface area contributed by atoms with E-state index in [1.54, 1.807) is 11.3 Å². The van der Waals surface area contributed by atoms with E-state index in [-0.39, 0.29) is 17.5 Å². The van der Waals surface area contributed by atoms with E-state index in [9.17, 15) is 9.59 Å². The fourth-order valence-electron chi connectivity index (χ4n) is 4.65. The van der Waals surface area contributed by atoms with Crippen LogP contribution in [-0.4, -0.2) is 20.1 Å². The van der Waals surface area contributed by atoms with Crippen molar-refractivity contribution in [1.29, 1.82) is 0 Å². The first-order valence-electron chi connectivity index (χ1n) is 10.4. The van der Waals surface area contributed by atoms with Gasteiger partial charge in [0, 0.05) is 0 Å². The first-order valence-corrected chi connectivity index (χ1v) is 11.3. The molecule has 1 aliphatic carbocycles. The van der Waals surface area contributed by atoms with Crippen molar-refractivity contribution in [3.8, 4) is 0 Å². The van der Waals surface area contributed by atoms with Crippen LogP contribution in [0.1, 0.15) is 55.2 Å². The topological polar surface area (TPSA) is 68.4 Å². The third-order valence-electron chi connectivity index (χ3n) is 6.10. The van der Waals surface area contributed by atoms with Gasteiger partial charge in [-0.25, -0.2) is 4.68 Å². The zero-order chi connectivity index (χ0) is 20.8. The van der Waals surface area contributed by atoms with Crippen LogP contribution in [-0.2, 0) is 11.2 Å². The molecule has 1 aliphatic rings. The van der Waals surface area contributed by atoms with Gasteiger partial charge in [0.15, 0.2) is 0 Å². The average molecular weight is 421 g/mol. The van der Waals surface area contributed by atoms with E-state index in [2.05, 4.69) is 22.5 Å². The van der Waals surface area contributed by atoms with Gasteiger partial charge in [-0.2, -0.15) is 5.10 Å². The Kier molecular flexibility index (Phi) is 4.70. The third kappa shape index (κ3) is 2.96. The van der Waals surface area contributed by atoms with Crippen LogP contribution in [0.4, 0.5) is 0 Å². The molecule has 3 aromatic heterocycles. The Balaban J connectivity index is 1.51. The van der Waals surface area contributed by atoms with Gasteiger partial charge in [-0.1, -0.05) is 31.2 Å². The number of nitrogens with one attached hydrogen (secondary N) is 1. The van der Waals surface area contributed by atoms with E-state index in [0.717, 1.165) is 29.5 Å². The number of carbonyl (C=O) groups excluding carboxylic acids is 1. The highest BCUT2D eigenvalue weighted by Crippen LogP contribution is 2.30. The molecule has 0 saturated heterocycles. The van der Waals surface area contributed by atoms with E-state index in [1.807, 2.05) is 47.9 Å². The van der Waals surface area contributed by atoms with Gasteiger partial charge in [0.25, 0.3) is 5.56 Å². The second kappa shape index (κ2) is 7.40. The lowest BCUT2D eigenvalue weighted by molar-refractivity contribution is -0.125. The molecule has 1 aromatic carbocycles. The minimum atomic E-state index is -0.636. The highest BCUT2D eigenvalue weighted by Gasteiger charge is 2.28. The minimum absolute atomic E-state index is 0.0179. The second-order valence-corrected chi connectivity index (χ2v) is 8.86. The number of benzene rings is 1. The number of thiophene rings is 1. The Morgan fingerprint density at radius 3 is 2.97 bits per heavy atom. The highest BCUT2D eigenvalue weighted by atomic mass is 32.1. The van der Waals surface area contributed by atoms with Gasteiger partial charge in [-0.05, 0) is 61.2 Å². The largest absolute Gasteiger partial charge is 0.347 e. The molecule has 0 unspecified atom stereocenters. The number of rotatable bonds is 4. The minimum Gasteiger partial charge on any atom is -0.347 e. The Morgan fingerprint density at radius 2 is 2.13 bits per heavy atom. The molecular formula is C23H24N4O2S. The molecule has 7 heteroatoms. The summed E-state index contributed by atoms with van der Waals surface area (Å²) < 4.78 is 4.30. The molecule has 1 N–H and O–H groups in total. The van der Waals surface area contributed by atoms with Crippen LogP contribution in [0, 0.1) is 6.92 Å². The predicted molar refractivity (Wildman–Crippen MR) is 119 cm³/mol. The molecule has 4 aromatic rings. The predicted octanol–water partition coefficient (Wildman–Crippen LogP) is 4.16. The molecular weight excluding hydrogens is 396 g/mol. The van der Waals surface area contributed by atoms with E-state index in [4.69, 9.17) is 0 Å². The van der Waals surface area contributed by atoms with Crippen LogP contribution in [0.2, 0.25) is 0 Å². The first kappa shape index (κ1) is 19.1. The number of amides is 1. The summed E-state index contributed by atoms with van der Waals surface area (Å²) in [6.07, 6.45) is 3.50. The molecule has 0 spiro atoms. The lowest BCUT2D eigenvalue weighted by Crippen LogP contribution is -2.41. The summed E-state index contributed by atoms with van der Waals surface area (Å²) in [4.78, 5) is 26.5. The van der Waals surface area contributed by atoms with E-state index in [0.29, 0.717) is 17.8 Å². The standard InChI is InChI=1S/C23H24N4O2S/c1-3-18(22(28)24-17-10-6-8-15-7-4-5-9-16(15)17)27-23(29)20-13-21-19(11-12-30-21)26(20)14(2)25-27/h4-5,7,9,11-13,17-18H,3,6,8,10H2,1-2H3,(H,24,28)/t17-,18+/m0/s1. The van der Waals surface area contributed by atoms with E-state index < -0.39 is 6.04 Å². The SMILES string of the molecule is CC[C@H](C(=O)N[C@H]1CCCc2ccccc21)n1nc(C)n2c(cc3sccc32)c1=O. The zero-order valence-corrected chi connectivity index (χ0v) is 17.9. The van der Waals surface area contributed by atoms with Gasteiger partial charge in [-0.3, -0.25) is 14.0 Å². The summed E-state index contributed by atoms with van der Waals surface area (Å²) >= 11 is 1.60. The van der Waals surface area contributed by atoms with Crippen molar-refractivity contribution in [2.75, 3.05) is 0 Å². The summed E-state index contributed by atoms with van der Waals surface area (Å²) in [5.41, 5.74) is 3.81. The summed E-state index contributed by atoms with van der Waals surface area (Å²) in [5, 5.41) is 9.75. The number of aromatic nitrogens is 3. The molecule has 154 valence electrons. The molecule has 5 rings (SSSR count). The number of aryl methyl sites for hydroxylation is 2. The van der Waals surface area contributed by atoms with Crippen LogP contribution >= 0.6 is 11.3 Å². The van der Waals surface area contributed by atoms with Crippen LogP contribution in [0.25, 0.3) is 15.7 Å². The van der Waals surface area contributed by atoms with Crippen molar-refractivity contribution < 1.29 is 4.79 Å². The van der Waals surface area contributed by atoms with Crippen LogP contribution in [0.3, 0.4) is 0 Å². The number of hydrogen-bond donors (Lipinski definition) is 1.